The highest BCUT2D eigenvalue weighted by atomic mass is 79.9. The van der Waals surface area contributed by atoms with E-state index in [1.165, 1.54) is 25.7 Å². The topological polar surface area (TPSA) is 29.1 Å². The van der Waals surface area contributed by atoms with Gasteiger partial charge in [0.05, 0.1) is 0 Å². The van der Waals surface area contributed by atoms with Gasteiger partial charge in [0, 0.05) is 15.6 Å². The standard InChI is InChI=1S/C23H26BrNO/c1-21-9-15-10-22(2,12-21)14-23(11-15,13-21)25-20(26)18-7-3-6-17-16(18)5-4-8-19(17)24/h3-8,15H,9-14H2,1-2H3,(H,25,26)/t15?,21-,22+,23?. The molecule has 2 aromatic rings. The van der Waals surface area contributed by atoms with E-state index in [0.717, 1.165) is 39.6 Å². The molecule has 1 amide bonds. The molecule has 0 aromatic heterocycles. The summed E-state index contributed by atoms with van der Waals surface area (Å²) in [5.74, 6) is 0.881. The maximum absolute atomic E-state index is 13.3. The van der Waals surface area contributed by atoms with Gasteiger partial charge < -0.3 is 5.32 Å². The fourth-order valence-corrected chi connectivity index (χ4v) is 7.86. The van der Waals surface area contributed by atoms with Crippen LogP contribution in [0.4, 0.5) is 0 Å². The van der Waals surface area contributed by atoms with Crippen LogP contribution in [0.1, 0.15) is 62.7 Å². The third kappa shape index (κ3) is 2.54. The van der Waals surface area contributed by atoms with Gasteiger partial charge in [-0.1, -0.05) is 54.0 Å². The van der Waals surface area contributed by atoms with Crippen LogP contribution in [0.2, 0.25) is 0 Å². The molecule has 0 saturated heterocycles. The van der Waals surface area contributed by atoms with Crippen LogP contribution in [0.25, 0.3) is 10.8 Å². The second kappa shape index (κ2) is 5.34. The van der Waals surface area contributed by atoms with Gasteiger partial charge in [0.2, 0.25) is 0 Å². The maximum Gasteiger partial charge on any atom is 0.252 e. The molecule has 2 nitrogen and oxygen atoms in total. The zero-order chi connectivity index (χ0) is 18.2. The lowest BCUT2D eigenvalue weighted by atomic mass is 9.43. The quantitative estimate of drug-likeness (QED) is 0.636. The van der Waals surface area contributed by atoms with E-state index in [-0.39, 0.29) is 11.4 Å². The van der Waals surface area contributed by atoms with Crippen molar-refractivity contribution in [2.24, 2.45) is 16.7 Å². The van der Waals surface area contributed by atoms with Crippen molar-refractivity contribution in [2.45, 2.75) is 57.9 Å². The zero-order valence-electron chi connectivity index (χ0n) is 15.6. The van der Waals surface area contributed by atoms with Gasteiger partial charge in [0.25, 0.3) is 5.91 Å². The summed E-state index contributed by atoms with van der Waals surface area (Å²) in [5.41, 5.74) is 1.61. The van der Waals surface area contributed by atoms with E-state index in [2.05, 4.69) is 47.2 Å². The van der Waals surface area contributed by atoms with Crippen molar-refractivity contribution in [3.63, 3.8) is 0 Å². The van der Waals surface area contributed by atoms with Crippen LogP contribution in [0.5, 0.6) is 0 Å². The fourth-order valence-electron chi connectivity index (χ4n) is 7.36. The average molecular weight is 412 g/mol. The highest BCUT2D eigenvalue weighted by Gasteiger charge is 2.60. The summed E-state index contributed by atoms with van der Waals surface area (Å²) in [6.07, 6.45) is 7.48. The molecule has 4 atom stereocenters. The number of halogens is 1. The summed E-state index contributed by atoms with van der Waals surface area (Å²) < 4.78 is 1.04. The van der Waals surface area contributed by atoms with Crippen LogP contribution in [0, 0.1) is 16.7 Å². The minimum absolute atomic E-state index is 0.00578. The molecule has 4 saturated carbocycles. The van der Waals surface area contributed by atoms with Crippen molar-refractivity contribution in [3.8, 4) is 0 Å². The van der Waals surface area contributed by atoms with Gasteiger partial charge >= 0.3 is 0 Å². The van der Waals surface area contributed by atoms with Gasteiger partial charge in [0.15, 0.2) is 0 Å². The molecule has 26 heavy (non-hydrogen) atoms. The van der Waals surface area contributed by atoms with E-state index in [9.17, 15) is 4.79 Å². The van der Waals surface area contributed by atoms with Crippen molar-refractivity contribution in [1.29, 1.82) is 0 Å². The number of carbonyl (C=O) groups excluding carboxylic acids is 1. The molecule has 0 heterocycles. The Balaban J connectivity index is 1.51. The molecule has 4 fully saturated rings. The summed E-state index contributed by atoms with van der Waals surface area (Å²) in [6.45, 7) is 4.90. The lowest BCUT2D eigenvalue weighted by Crippen LogP contribution is -2.65. The number of hydrogen-bond acceptors (Lipinski definition) is 1. The molecule has 0 aliphatic heterocycles. The molecule has 4 bridgehead atoms. The second-order valence-corrected chi connectivity index (χ2v) is 10.9. The number of nitrogens with one attached hydrogen (secondary N) is 1. The molecule has 0 spiro atoms. The van der Waals surface area contributed by atoms with Crippen molar-refractivity contribution in [3.05, 3.63) is 46.4 Å². The predicted molar refractivity (Wildman–Crippen MR) is 109 cm³/mol. The van der Waals surface area contributed by atoms with E-state index >= 15 is 0 Å². The molecule has 4 aliphatic rings. The highest BCUT2D eigenvalue weighted by Crippen LogP contribution is 2.66. The molecule has 0 radical (unpaired) electrons. The Hall–Kier alpha value is -1.35. The number of rotatable bonds is 2. The van der Waals surface area contributed by atoms with Gasteiger partial charge in [-0.2, -0.15) is 0 Å². The van der Waals surface area contributed by atoms with E-state index in [1.807, 2.05) is 24.3 Å². The van der Waals surface area contributed by atoms with Crippen LogP contribution < -0.4 is 5.32 Å². The first-order valence-corrected chi connectivity index (χ1v) is 10.6. The van der Waals surface area contributed by atoms with Gasteiger partial charge in [-0.15, -0.1) is 0 Å². The van der Waals surface area contributed by atoms with Gasteiger partial charge in [-0.25, -0.2) is 0 Å². The minimum atomic E-state index is -0.00578. The number of benzene rings is 2. The zero-order valence-corrected chi connectivity index (χ0v) is 17.2. The first kappa shape index (κ1) is 16.8. The highest BCUT2D eigenvalue weighted by molar-refractivity contribution is 9.10. The lowest BCUT2D eigenvalue weighted by Gasteiger charge is -2.65. The second-order valence-electron chi connectivity index (χ2n) is 10.0. The van der Waals surface area contributed by atoms with Crippen LogP contribution in [-0.2, 0) is 0 Å². The molecule has 1 N–H and O–H groups in total. The molecule has 6 rings (SSSR count). The number of hydrogen-bond donors (Lipinski definition) is 1. The molecular formula is C23H26BrNO. The van der Waals surface area contributed by atoms with Crippen LogP contribution >= 0.6 is 15.9 Å². The monoisotopic (exact) mass is 411 g/mol. The summed E-state index contributed by atoms with van der Waals surface area (Å²) >= 11 is 3.62. The van der Waals surface area contributed by atoms with Crippen molar-refractivity contribution >= 4 is 32.6 Å². The third-order valence-corrected chi connectivity index (χ3v) is 7.81. The SMILES string of the molecule is C[C@]12CC3CC(NC(=O)c4cccc5c(Br)cccc45)(C1)C[C@@](C)(C3)C2. The molecule has 3 heteroatoms. The average Bonchev–Trinajstić information content (AvgIpc) is 2.50. The first-order chi connectivity index (χ1) is 12.3. The number of carbonyl (C=O) groups is 1. The Morgan fingerprint density at radius 3 is 2.31 bits per heavy atom. The van der Waals surface area contributed by atoms with Gasteiger partial charge in [-0.05, 0) is 78.2 Å². The summed E-state index contributed by atoms with van der Waals surface area (Å²) in [7, 11) is 0. The summed E-state index contributed by atoms with van der Waals surface area (Å²) in [6, 6.07) is 12.1. The largest absolute Gasteiger partial charge is 0.347 e. The fraction of sp³-hybridized carbons (Fsp3) is 0.522. The minimum Gasteiger partial charge on any atom is -0.347 e. The van der Waals surface area contributed by atoms with Crippen LogP contribution in [-0.4, -0.2) is 11.4 Å². The Morgan fingerprint density at radius 2 is 1.62 bits per heavy atom. The Bertz CT molecular complexity index is 902. The van der Waals surface area contributed by atoms with Crippen molar-refractivity contribution in [1.82, 2.24) is 5.32 Å². The van der Waals surface area contributed by atoms with E-state index in [4.69, 9.17) is 0 Å². The molecule has 4 aliphatic carbocycles. The number of amides is 1. The van der Waals surface area contributed by atoms with E-state index in [1.54, 1.807) is 0 Å². The van der Waals surface area contributed by atoms with E-state index < -0.39 is 0 Å². The lowest BCUT2D eigenvalue weighted by molar-refractivity contribution is -0.114. The molecule has 136 valence electrons. The predicted octanol–water partition coefficient (Wildman–Crippen LogP) is 6.08. The molecule has 2 aromatic carbocycles. The maximum atomic E-state index is 13.3. The summed E-state index contributed by atoms with van der Waals surface area (Å²) in [5, 5.41) is 5.68. The number of fused-ring (bicyclic) bond motifs is 1. The molecule has 2 unspecified atom stereocenters. The Kier molecular flexibility index (Phi) is 3.45. The van der Waals surface area contributed by atoms with Crippen LogP contribution in [0.15, 0.2) is 40.9 Å². The van der Waals surface area contributed by atoms with Crippen molar-refractivity contribution in [2.75, 3.05) is 0 Å². The first-order valence-electron chi connectivity index (χ1n) is 9.79. The molecular weight excluding hydrogens is 386 g/mol. The van der Waals surface area contributed by atoms with E-state index in [0.29, 0.717) is 10.8 Å². The Labute approximate surface area is 163 Å². The third-order valence-electron chi connectivity index (χ3n) is 7.12. The smallest absolute Gasteiger partial charge is 0.252 e. The normalized spacial score (nSPS) is 37.9. The summed E-state index contributed by atoms with van der Waals surface area (Å²) in [4.78, 5) is 13.3. The Morgan fingerprint density at radius 1 is 0.962 bits per heavy atom. The van der Waals surface area contributed by atoms with Gasteiger partial charge in [-0.3, -0.25) is 4.79 Å². The van der Waals surface area contributed by atoms with Crippen LogP contribution in [0.3, 0.4) is 0 Å². The van der Waals surface area contributed by atoms with Crippen molar-refractivity contribution < 1.29 is 4.79 Å². The van der Waals surface area contributed by atoms with Gasteiger partial charge in [0.1, 0.15) is 0 Å².